The van der Waals surface area contributed by atoms with Crippen LogP contribution in [0.1, 0.15) is 5.69 Å². The smallest absolute Gasteiger partial charge is 0.148 e. The van der Waals surface area contributed by atoms with E-state index < -0.39 is 0 Å². The number of rotatable bonds is 3. The molecule has 0 aliphatic carbocycles. The molecule has 1 aromatic heterocycles. The molecule has 1 aromatic rings. The first-order valence-electron chi connectivity index (χ1n) is 3.46. The van der Waals surface area contributed by atoms with Gasteiger partial charge in [-0.1, -0.05) is 6.07 Å². The van der Waals surface area contributed by atoms with Crippen molar-refractivity contribution in [2.45, 2.75) is 6.42 Å². The monoisotopic (exact) mass is 245 g/mol. The van der Waals surface area contributed by atoms with Crippen molar-refractivity contribution in [2.75, 3.05) is 5.75 Å². The summed E-state index contributed by atoms with van der Waals surface area (Å²) in [6, 6.07) is 5.51. The van der Waals surface area contributed by atoms with Crippen molar-refractivity contribution in [1.82, 2.24) is 4.98 Å². The number of carbonyl (C=O) groups is 1. The van der Waals surface area contributed by atoms with Gasteiger partial charge >= 0.3 is 0 Å². The van der Waals surface area contributed by atoms with Gasteiger partial charge in [-0.25, -0.2) is 4.98 Å². The lowest BCUT2D eigenvalue weighted by Crippen LogP contribution is -2.05. The molecule has 0 aromatic carbocycles. The van der Waals surface area contributed by atoms with Gasteiger partial charge < -0.3 is 0 Å². The van der Waals surface area contributed by atoms with Gasteiger partial charge in [0.05, 0.1) is 0 Å². The number of aromatic nitrogens is 1. The minimum atomic E-state index is 0.0870. The lowest BCUT2D eigenvalue weighted by molar-refractivity contribution is -0.116. The quantitative estimate of drug-likeness (QED) is 0.652. The first kappa shape index (κ1) is 9.74. The first-order chi connectivity index (χ1) is 5.72. The SMILES string of the molecule is O=C(CS)Cc1cccc(Br)n1. The number of Topliss-reactive ketones (excluding diaryl/α,β-unsaturated/α-hetero) is 1. The van der Waals surface area contributed by atoms with Crippen LogP contribution in [0.4, 0.5) is 0 Å². The molecule has 0 aliphatic heterocycles. The zero-order chi connectivity index (χ0) is 8.97. The van der Waals surface area contributed by atoms with Gasteiger partial charge in [0.15, 0.2) is 0 Å². The van der Waals surface area contributed by atoms with Gasteiger partial charge in [-0.2, -0.15) is 12.6 Å². The molecule has 1 heterocycles. The number of hydrogen-bond acceptors (Lipinski definition) is 3. The second-order valence-electron chi connectivity index (χ2n) is 2.33. The van der Waals surface area contributed by atoms with Crippen molar-refractivity contribution in [3.63, 3.8) is 0 Å². The van der Waals surface area contributed by atoms with E-state index in [1.165, 1.54) is 0 Å². The van der Waals surface area contributed by atoms with E-state index in [0.717, 1.165) is 10.3 Å². The van der Waals surface area contributed by atoms with Gasteiger partial charge in [0.1, 0.15) is 10.4 Å². The maximum absolute atomic E-state index is 11.0. The van der Waals surface area contributed by atoms with E-state index in [0.29, 0.717) is 6.42 Å². The molecule has 0 radical (unpaired) electrons. The number of pyridine rings is 1. The Morgan fingerprint density at radius 2 is 2.33 bits per heavy atom. The average molecular weight is 246 g/mol. The molecule has 0 aliphatic rings. The fourth-order valence-electron chi connectivity index (χ4n) is 0.807. The topological polar surface area (TPSA) is 30.0 Å². The molecule has 12 heavy (non-hydrogen) atoms. The first-order valence-corrected chi connectivity index (χ1v) is 4.89. The largest absolute Gasteiger partial charge is 0.298 e. The van der Waals surface area contributed by atoms with Crippen molar-refractivity contribution in [3.05, 3.63) is 28.5 Å². The highest BCUT2D eigenvalue weighted by atomic mass is 79.9. The van der Waals surface area contributed by atoms with Crippen molar-refractivity contribution < 1.29 is 4.79 Å². The van der Waals surface area contributed by atoms with Crippen molar-refractivity contribution in [3.8, 4) is 0 Å². The Balaban J connectivity index is 2.69. The predicted octanol–water partition coefficient (Wildman–Crippen LogP) is 1.89. The van der Waals surface area contributed by atoms with Gasteiger partial charge in [-0.15, -0.1) is 0 Å². The fourth-order valence-corrected chi connectivity index (χ4v) is 1.30. The maximum atomic E-state index is 11.0. The minimum absolute atomic E-state index is 0.0870. The zero-order valence-electron chi connectivity index (χ0n) is 6.33. The Kier molecular flexibility index (Phi) is 3.75. The highest BCUT2D eigenvalue weighted by molar-refractivity contribution is 9.10. The van der Waals surface area contributed by atoms with Crippen LogP contribution in [0.2, 0.25) is 0 Å². The summed E-state index contributed by atoms with van der Waals surface area (Å²) in [5.74, 6) is 0.359. The second-order valence-corrected chi connectivity index (χ2v) is 3.45. The van der Waals surface area contributed by atoms with E-state index >= 15 is 0 Å². The fraction of sp³-hybridized carbons (Fsp3) is 0.250. The van der Waals surface area contributed by atoms with Crippen LogP contribution in [-0.2, 0) is 11.2 Å². The maximum Gasteiger partial charge on any atom is 0.148 e. The summed E-state index contributed by atoms with van der Waals surface area (Å²) in [6.07, 6.45) is 0.364. The van der Waals surface area contributed by atoms with Crippen LogP contribution >= 0.6 is 28.6 Å². The summed E-state index contributed by atoms with van der Waals surface area (Å²) >= 11 is 7.12. The normalized spacial score (nSPS) is 9.83. The van der Waals surface area contributed by atoms with Crippen molar-refractivity contribution in [2.24, 2.45) is 0 Å². The third-order valence-electron chi connectivity index (χ3n) is 1.33. The number of hydrogen-bond donors (Lipinski definition) is 1. The number of carbonyl (C=O) groups excluding carboxylic acids is 1. The summed E-state index contributed by atoms with van der Waals surface area (Å²) in [5, 5.41) is 0. The van der Waals surface area contributed by atoms with Crippen LogP contribution in [0.15, 0.2) is 22.8 Å². The summed E-state index contributed by atoms with van der Waals surface area (Å²) in [4.78, 5) is 15.1. The van der Waals surface area contributed by atoms with Gasteiger partial charge in [-0.05, 0) is 28.1 Å². The van der Waals surface area contributed by atoms with E-state index in [-0.39, 0.29) is 11.5 Å². The zero-order valence-corrected chi connectivity index (χ0v) is 8.81. The number of halogens is 1. The number of nitrogens with zero attached hydrogens (tertiary/aromatic N) is 1. The standard InChI is InChI=1S/C8H8BrNOS/c9-8-3-1-2-6(10-8)4-7(11)5-12/h1-3,12H,4-5H2. The van der Waals surface area contributed by atoms with Crippen molar-refractivity contribution in [1.29, 1.82) is 0 Å². The highest BCUT2D eigenvalue weighted by Gasteiger charge is 2.01. The summed E-state index contributed by atoms with van der Waals surface area (Å²) in [7, 11) is 0. The molecule has 0 atom stereocenters. The van der Waals surface area contributed by atoms with Crippen LogP contribution in [-0.4, -0.2) is 16.5 Å². The molecule has 1 rings (SSSR count). The Morgan fingerprint density at radius 1 is 1.58 bits per heavy atom. The number of thiol groups is 1. The van der Waals surface area contributed by atoms with Crippen LogP contribution < -0.4 is 0 Å². The molecular weight excluding hydrogens is 238 g/mol. The molecule has 0 spiro atoms. The van der Waals surface area contributed by atoms with Gasteiger partial charge in [-0.3, -0.25) is 4.79 Å². The minimum Gasteiger partial charge on any atom is -0.298 e. The Morgan fingerprint density at radius 3 is 2.92 bits per heavy atom. The lowest BCUT2D eigenvalue weighted by Gasteiger charge is -1.97. The van der Waals surface area contributed by atoms with Gasteiger partial charge in [0.2, 0.25) is 0 Å². The molecule has 0 N–H and O–H groups in total. The molecule has 0 saturated carbocycles. The van der Waals surface area contributed by atoms with Crippen molar-refractivity contribution >= 4 is 34.3 Å². The molecular formula is C8H8BrNOS. The number of ketones is 1. The summed E-state index contributed by atoms with van der Waals surface area (Å²) in [6.45, 7) is 0. The van der Waals surface area contributed by atoms with Crippen LogP contribution in [0.3, 0.4) is 0 Å². The Hall–Kier alpha value is -0.350. The van der Waals surface area contributed by atoms with Crippen LogP contribution in [0, 0.1) is 0 Å². The average Bonchev–Trinajstić information content (AvgIpc) is 2.04. The molecule has 0 amide bonds. The molecule has 0 bridgehead atoms. The van der Waals surface area contributed by atoms with E-state index in [1.54, 1.807) is 0 Å². The molecule has 64 valence electrons. The Bertz CT molecular complexity index is 290. The lowest BCUT2D eigenvalue weighted by atomic mass is 10.2. The third-order valence-corrected chi connectivity index (χ3v) is 2.12. The Labute approximate surface area is 84.9 Å². The molecule has 4 heteroatoms. The molecule has 0 saturated heterocycles. The summed E-state index contributed by atoms with van der Waals surface area (Å²) in [5.41, 5.74) is 0.781. The van der Waals surface area contributed by atoms with E-state index in [2.05, 4.69) is 33.5 Å². The van der Waals surface area contributed by atoms with Gasteiger partial charge in [0, 0.05) is 17.9 Å². The summed E-state index contributed by atoms with van der Waals surface area (Å²) < 4.78 is 0.756. The van der Waals surface area contributed by atoms with Gasteiger partial charge in [0.25, 0.3) is 0 Å². The molecule has 2 nitrogen and oxygen atoms in total. The predicted molar refractivity (Wildman–Crippen MR) is 54.5 cm³/mol. The molecule has 0 fully saturated rings. The molecule has 0 unspecified atom stereocenters. The highest BCUT2D eigenvalue weighted by Crippen LogP contribution is 2.06. The second kappa shape index (κ2) is 4.62. The van der Waals surface area contributed by atoms with E-state index in [4.69, 9.17) is 0 Å². The third kappa shape index (κ3) is 2.95. The van der Waals surface area contributed by atoms with Crippen LogP contribution in [0.25, 0.3) is 0 Å². The van der Waals surface area contributed by atoms with Crippen LogP contribution in [0.5, 0.6) is 0 Å². The van der Waals surface area contributed by atoms with E-state index in [9.17, 15) is 4.79 Å². The van der Waals surface area contributed by atoms with E-state index in [1.807, 2.05) is 18.2 Å².